The van der Waals surface area contributed by atoms with Crippen LogP contribution in [0.2, 0.25) is 0 Å². The van der Waals surface area contributed by atoms with Gasteiger partial charge in [0.1, 0.15) is 0 Å². The zero-order chi connectivity index (χ0) is 8.55. The highest BCUT2D eigenvalue weighted by atomic mass is 15.5. The van der Waals surface area contributed by atoms with E-state index < -0.39 is 0 Å². The molecule has 62 valence electrons. The number of hydrogen-bond acceptors (Lipinski definition) is 4. The van der Waals surface area contributed by atoms with Crippen molar-refractivity contribution in [1.29, 1.82) is 0 Å². The monoisotopic (exact) mass is 163 g/mol. The van der Waals surface area contributed by atoms with Crippen LogP contribution in [0.4, 0.5) is 0 Å². The van der Waals surface area contributed by atoms with Gasteiger partial charge in [-0.1, -0.05) is 18.9 Å². The van der Waals surface area contributed by atoms with Crippen LogP contribution in [-0.2, 0) is 0 Å². The molecule has 0 aliphatic carbocycles. The summed E-state index contributed by atoms with van der Waals surface area (Å²) in [5.41, 5.74) is 1.01. The quantitative estimate of drug-likeness (QED) is 0.619. The number of aromatic nitrogens is 5. The van der Waals surface area contributed by atoms with Gasteiger partial charge in [0.05, 0.1) is 0 Å². The molecule has 12 heavy (non-hydrogen) atoms. The van der Waals surface area contributed by atoms with Crippen LogP contribution in [0, 0.1) is 0 Å². The summed E-state index contributed by atoms with van der Waals surface area (Å²) in [5.74, 6) is 0.966. The van der Waals surface area contributed by atoms with Crippen LogP contribution >= 0.6 is 0 Å². The second-order valence-corrected chi connectivity index (χ2v) is 2.93. The predicted molar refractivity (Wildman–Crippen MR) is 42.7 cm³/mol. The van der Waals surface area contributed by atoms with Gasteiger partial charge in [-0.25, -0.2) is 4.98 Å². The highest BCUT2D eigenvalue weighted by Crippen LogP contribution is 2.10. The van der Waals surface area contributed by atoms with E-state index in [1.165, 1.54) is 0 Å². The van der Waals surface area contributed by atoms with Gasteiger partial charge >= 0.3 is 0 Å². The minimum Gasteiger partial charge on any atom is -0.214 e. The average Bonchev–Trinajstić information content (AvgIpc) is 2.49. The maximum atomic E-state index is 4.26. The molecule has 0 N–H and O–H groups in total. The molecule has 5 heteroatoms. The lowest BCUT2D eigenvalue weighted by atomic mass is 10.1. The fraction of sp³-hybridized carbons (Fsp3) is 0.429. The van der Waals surface area contributed by atoms with E-state index in [0.717, 1.165) is 5.69 Å². The lowest BCUT2D eigenvalue weighted by Crippen LogP contribution is -1.97. The van der Waals surface area contributed by atoms with Crippen LogP contribution in [0.1, 0.15) is 25.5 Å². The molecule has 0 aromatic carbocycles. The highest BCUT2D eigenvalue weighted by molar-refractivity contribution is 5.25. The van der Waals surface area contributed by atoms with Crippen LogP contribution in [0.3, 0.4) is 0 Å². The number of rotatable bonds is 1. The number of hydrogen-bond donors (Lipinski definition) is 0. The fourth-order valence-corrected chi connectivity index (χ4v) is 0.980. The first-order valence-corrected chi connectivity index (χ1v) is 3.82. The van der Waals surface area contributed by atoms with Crippen molar-refractivity contribution in [2.45, 2.75) is 19.8 Å². The SMILES string of the molecule is CC(C)c1ccn2nnnc2n1. The van der Waals surface area contributed by atoms with Crippen molar-refractivity contribution in [3.8, 4) is 0 Å². The predicted octanol–water partition coefficient (Wildman–Crippen LogP) is 0.643. The summed E-state index contributed by atoms with van der Waals surface area (Å²) in [6.07, 6.45) is 1.82. The van der Waals surface area contributed by atoms with Crippen LogP contribution in [0.5, 0.6) is 0 Å². The largest absolute Gasteiger partial charge is 0.273 e. The first-order chi connectivity index (χ1) is 5.77. The number of tetrazole rings is 1. The smallest absolute Gasteiger partial charge is 0.214 e. The molecule has 2 heterocycles. The first-order valence-electron chi connectivity index (χ1n) is 3.82. The van der Waals surface area contributed by atoms with E-state index in [2.05, 4.69) is 34.4 Å². The van der Waals surface area contributed by atoms with Crippen molar-refractivity contribution in [2.75, 3.05) is 0 Å². The van der Waals surface area contributed by atoms with E-state index in [0.29, 0.717) is 11.7 Å². The Hall–Kier alpha value is -1.52. The summed E-state index contributed by atoms with van der Waals surface area (Å²) < 4.78 is 1.55. The van der Waals surface area contributed by atoms with Gasteiger partial charge in [0.25, 0.3) is 5.78 Å². The average molecular weight is 163 g/mol. The number of fused-ring (bicyclic) bond motifs is 1. The molecule has 0 radical (unpaired) electrons. The molecule has 2 rings (SSSR count). The summed E-state index contributed by atoms with van der Waals surface area (Å²) in [4.78, 5) is 4.26. The summed E-state index contributed by atoms with van der Waals surface area (Å²) >= 11 is 0. The van der Waals surface area contributed by atoms with E-state index in [-0.39, 0.29) is 0 Å². The normalized spacial score (nSPS) is 11.2. The fourth-order valence-electron chi connectivity index (χ4n) is 0.980. The van der Waals surface area contributed by atoms with Gasteiger partial charge < -0.3 is 0 Å². The van der Waals surface area contributed by atoms with E-state index in [4.69, 9.17) is 0 Å². The molecule has 0 aliphatic rings. The Morgan fingerprint density at radius 2 is 2.25 bits per heavy atom. The summed E-state index contributed by atoms with van der Waals surface area (Å²) in [5, 5.41) is 11.0. The van der Waals surface area contributed by atoms with Crippen molar-refractivity contribution < 1.29 is 0 Å². The minimum absolute atomic E-state index is 0.409. The molecule has 2 aromatic heterocycles. The topological polar surface area (TPSA) is 56.0 Å². The van der Waals surface area contributed by atoms with Crippen LogP contribution < -0.4 is 0 Å². The van der Waals surface area contributed by atoms with Gasteiger partial charge in [-0.05, 0) is 22.4 Å². The Kier molecular flexibility index (Phi) is 1.49. The first kappa shape index (κ1) is 7.15. The van der Waals surface area contributed by atoms with Crippen molar-refractivity contribution in [3.05, 3.63) is 18.0 Å². The zero-order valence-corrected chi connectivity index (χ0v) is 6.97. The maximum Gasteiger partial charge on any atom is 0.273 e. The van der Waals surface area contributed by atoms with Crippen molar-refractivity contribution in [1.82, 2.24) is 25.0 Å². The Morgan fingerprint density at radius 1 is 1.42 bits per heavy atom. The zero-order valence-electron chi connectivity index (χ0n) is 6.97. The Balaban J connectivity index is 2.60. The van der Waals surface area contributed by atoms with Crippen LogP contribution in [0.25, 0.3) is 5.78 Å². The van der Waals surface area contributed by atoms with E-state index in [1.54, 1.807) is 4.52 Å². The molecule has 0 amide bonds. The molecule has 5 nitrogen and oxygen atoms in total. The van der Waals surface area contributed by atoms with Crippen molar-refractivity contribution in [2.24, 2.45) is 0 Å². The highest BCUT2D eigenvalue weighted by Gasteiger charge is 2.03. The molecular weight excluding hydrogens is 154 g/mol. The van der Waals surface area contributed by atoms with Gasteiger partial charge in [-0.2, -0.15) is 4.52 Å². The third-order valence-electron chi connectivity index (χ3n) is 1.68. The van der Waals surface area contributed by atoms with Crippen LogP contribution in [0.15, 0.2) is 12.3 Å². The third-order valence-corrected chi connectivity index (χ3v) is 1.68. The summed E-state index contributed by atoms with van der Waals surface area (Å²) in [6, 6.07) is 1.92. The minimum atomic E-state index is 0.409. The molecule has 0 unspecified atom stereocenters. The molecule has 0 saturated carbocycles. The number of nitrogens with zero attached hydrogens (tertiary/aromatic N) is 5. The van der Waals surface area contributed by atoms with Crippen LogP contribution in [-0.4, -0.2) is 25.0 Å². The van der Waals surface area contributed by atoms with Gasteiger partial charge in [-0.3, -0.25) is 0 Å². The van der Waals surface area contributed by atoms with Gasteiger partial charge in [0.2, 0.25) is 0 Å². The lowest BCUT2D eigenvalue weighted by molar-refractivity contribution is 0.792. The van der Waals surface area contributed by atoms with Gasteiger partial charge in [-0.15, -0.1) is 0 Å². The second kappa shape index (κ2) is 2.51. The van der Waals surface area contributed by atoms with E-state index in [9.17, 15) is 0 Å². The van der Waals surface area contributed by atoms with Crippen molar-refractivity contribution in [3.63, 3.8) is 0 Å². The molecule has 2 aromatic rings. The van der Waals surface area contributed by atoms with Crippen molar-refractivity contribution >= 4 is 5.78 Å². The summed E-state index contributed by atoms with van der Waals surface area (Å²) in [7, 11) is 0. The molecule has 0 aliphatic heterocycles. The van der Waals surface area contributed by atoms with Gasteiger partial charge in [0, 0.05) is 11.9 Å². The van der Waals surface area contributed by atoms with E-state index >= 15 is 0 Å². The summed E-state index contributed by atoms with van der Waals surface area (Å²) in [6.45, 7) is 4.17. The van der Waals surface area contributed by atoms with Gasteiger partial charge in [0.15, 0.2) is 0 Å². The maximum absolute atomic E-state index is 4.26. The standard InChI is InChI=1S/C7H9N5/c1-5(2)6-3-4-12-7(8-6)9-10-11-12/h3-5H,1-2H3. The third kappa shape index (κ3) is 1.03. The second-order valence-electron chi connectivity index (χ2n) is 2.93. The molecule has 0 atom stereocenters. The molecule has 0 saturated heterocycles. The molecular formula is C7H9N5. The lowest BCUT2D eigenvalue weighted by Gasteiger charge is -2.01. The molecule has 0 spiro atoms. The Bertz CT molecular complexity index is 391. The Labute approximate surface area is 69.4 Å². The molecule has 0 fully saturated rings. The molecule has 0 bridgehead atoms. The Morgan fingerprint density at radius 3 is 3.00 bits per heavy atom. The van der Waals surface area contributed by atoms with E-state index in [1.807, 2.05) is 12.3 Å².